The molecule has 0 spiro atoms. The topological polar surface area (TPSA) is 56.0 Å². The number of rotatable bonds is 5. The van der Waals surface area contributed by atoms with E-state index >= 15 is 0 Å². The molecule has 0 radical (unpaired) electrons. The second-order valence-corrected chi connectivity index (χ2v) is 6.58. The number of carbonyl (C=O) groups is 1. The van der Waals surface area contributed by atoms with E-state index in [2.05, 4.69) is 26.1 Å². The highest BCUT2D eigenvalue weighted by molar-refractivity contribution is 9.10. The van der Waals surface area contributed by atoms with Crippen LogP contribution in [0.15, 0.2) is 53.4 Å². The van der Waals surface area contributed by atoms with Crippen molar-refractivity contribution in [2.75, 3.05) is 7.05 Å². The molecule has 24 heavy (non-hydrogen) atoms. The zero-order valence-corrected chi connectivity index (χ0v) is 15.1. The van der Waals surface area contributed by atoms with Gasteiger partial charge in [-0.25, -0.2) is 0 Å². The molecule has 0 unspecified atom stereocenters. The summed E-state index contributed by atoms with van der Waals surface area (Å²) in [6.07, 6.45) is 5.39. The van der Waals surface area contributed by atoms with Crippen LogP contribution in [0.25, 0.3) is 0 Å². The lowest BCUT2D eigenvalue weighted by molar-refractivity contribution is 0.0782. The number of aryl methyl sites for hydroxylation is 1. The number of carbonyl (C=O) groups excluding carboxylic acids is 1. The van der Waals surface area contributed by atoms with E-state index in [1.165, 1.54) is 0 Å². The minimum Gasteiger partial charge on any atom is -0.336 e. The van der Waals surface area contributed by atoms with Crippen LogP contribution in [0.4, 0.5) is 0 Å². The maximum absolute atomic E-state index is 12.7. The fraction of sp³-hybridized carbons (Fsp3) is 0.235. The third-order valence-corrected chi connectivity index (χ3v) is 4.20. The highest BCUT2D eigenvalue weighted by Gasteiger charge is 2.14. The molecule has 2 aromatic heterocycles. The van der Waals surface area contributed by atoms with Crippen LogP contribution in [0, 0.1) is 0 Å². The standard InChI is InChI=1S/C17H18BrN5O/c1-21(12-16-6-7-19-22(16)2)17(24)14-5-3-4-13(8-14)10-23-11-15(18)9-20-23/h3-9,11H,10,12H2,1-2H3. The van der Waals surface area contributed by atoms with Crippen LogP contribution in [0.2, 0.25) is 0 Å². The van der Waals surface area contributed by atoms with Gasteiger partial charge in [-0.3, -0.25) is 14.2 Å². The number of nitrogens with zero attached hydrogens (tertiary/aromatic N) is 5. The predicted octanol–water partition coefficient (Wildman–Crippen LogP) is 2.70. The van der Waals surface area contributed by atoms with Crippen LogP contribution in [-0.2, 0) is 20.1 Å². The summed E-state index contributed by atoms with van der Waals surface area (Å²) in [6.45, 7) is 1.14. The van der Waals surface area contributed by atoms with Crippen molar-refractivity contribution in [1.82, 2.24) is 24.5 Å². The third-order valence-electron chi connectivity index (χ3n) is 3.79. The smallest absolute Gasteiger partial charge is 0.253 e. The average molecular weight is 388 g/mol. The second kappa shape index (κ2) is 7.00. The van der Waals surface area contributed by atoms with Crippen LogP contribution < -0.4 is 0 Å². The molecule has 0 N–H and O–H groups in total. The number of benzene rings is 1. The molecule has 124 valence electrons. The van der Waals surface area contributed by atoms with Gasteiger partial charge in [0, 0.05) is 32.1 Å². The Hall–Kier alpha value is -2.41. The molecule has 3 aromatic rings. The van der Waals surface area contributed by atoms with Gasteiger partial charge in [-0.1, -0.05) is 12.1 Å². The molecule has 0 saturated heterocycles. The molecule has 0 aliphatic carbocycles. The minimum atomic E-state index is -0.0142. The molecule has 0 bridgehead atoms. The second-order valence-electron chi connectivity index (χ2n) is 5.66. The molecule has 0 aliphatic rings. The Kier molecular flexibility index (Phi) is 4.80. The number of halogens is 1. The summed E-state index contributed by atoms with van der Waals surface area (Å²) in [5, 5.41) is 8.37. The zero-order chi connectivity index (χ0) is 17.1. The Morgan fingerprint density at radius 1 is 1.29 bits per heavy atom. The maximum Gasteiger partial charge on any atom is 0.253 e. The summed E-state index contributed by atoms with van der Waals surface area (Å²) in [4.78, 5) is 14.4. The van der Waals surface area contributed by atoms with Crippen LogP contribution in [0.5, 0.6) is 0 Å². The van der Waals surface area contributed by atoms with Gasteiger partial charge in [0.25, 0.3) is 5.91 Å². The largest absolute Gasteiger partial charge is 0.336 e. The van der Waals surface area contributed by atoms with Crippen molar-refractivity contribution in [1.29, 1.82) is 0 Å². The quantitative estimate of drug-likeness (QED) is 0.676. The van der Waals surface area contributed by atoms with E-state index in [0.717, 1.165) is 15.7 Å². The van der Waals surface area contributed by atoms with Crippen molar-refractivity contribution in [2.45, 2.75) is 13.1 Å². The monoisotopic (exact) mass is 387 g/mol. The molecule has 0 saturated carbocycles. The summed E-state index contributed by atoms with van der Waals surface area (Å²) >= 11 is 3.39. The highest BCUT2D eigenvalue weighted by Crippen LogP contribution is 2.13. The van der Waals surface area contributed by atoms with Gasteiger partial charge in [0.05, 0.1) is 29.5 Å². The summed E-state index contributed by atoms with van der Waals surface area (Å²) in [7, 11) is 3.67. The van der Waals surface area contributed by atoms with Gasteiger partial charge in [0.1, 0.15) is 0 Å². The lowest BCUT2D eigenvalue weighted by atomic mass is 10.1. The van der Waals surface area contributed by atoms with Crippen molar-refractivity contribution < 1.29 is 4.79 Å². The van der Waals surface area contributed by atoms with Crippen LogP contribution in [-0.4, -0.2) is 37.4 Å². The molecule has 1 aromatic carbocycles. The molecule has 3 rings (SSSR count). The van der Waals surface area contributed by atoms with E-state index in [-0.39, 0.29) is 5.91 Å². The molecular weight excluding hydrogens is 370 g/mol. The fourth-order valence-corrected chi connectivity index (χ4v) is 2.83. The molecule has 0 fully saturated rings. The van der Waals surface area contributed by atoms with E-state index in [0.29, 0.717) is 18.7 Å². The molecule has 7 heteroatoms. The number of hydrogen-bond donors (Lipinski definition) is 0. The lowest BCUT2D eigenvalue weighted by Gasteiger charge is -2.17. The van der Waals surface area contributed by atoms with E-state index in [9.17, 15) is 4.79 Å². The van der Waals surface area contributed by atoms with Gasteiger partial charge in [0.15, 0.2) is 0 Å². The van der Waals surface area contributed by atoms with Crippen LogP contribution in [0.3, 0.4) is 0 Å². The molecular formula is C17H18BrN5O. The van der Waals surface area contributed by atoms with Crippen LogP contribution in [0.1, 0.15) is 21.6 Å². The van der Waals surface area contributed by atoms with Crippen molar-refractivity contribution in [3.05, 3.63) is 70.2 Å². The Labute approximate surface area is 148 Å². The van der Waals surface area contributed by atoms with Gasteiger partial charge in [0.2, 0.25) is 0 Å². The van der Waals surface area contributed by atoms with Gasteiger partial charge in [-0.05, 0) is 39.7 Å². The van der Waals surface area contributed by atoms with Gasteiger partial charge < -0.3 is 4.90 Å². The molecule has 0 aliphatic heterocycles. The molecule has 1 amide bonds. The van der Waals surface area contributed by atoms with E-state index in [1.807, 2.05) is 48.3 Å². The first kappa shape index (κ1) is 16.4. The van der Waals surface area contributed by atoms with Crippen LogP contribution >= 0.6 is 15.9 Å². The van der Waals surface area contributed by atoms with Crippen molar-refractivity contribution in [2.24, 2.45) is 7.05 Å². The van der Waals surface area contributed by atoms with Gasteiger partial charge in [-0.2, -0.15) is 10.2 Å². The van der Waals surface area contributed by atoms with E-state index in [1.54, 1.807) is 29.0 Å². The number of hydrogen-bond acceptors (Lipinski definition) is 3. The predicted molar refractivity (Wildman–Crippen MR) is 94.5 cm³/mol. The normalized spacial score (nSPS) is 10.8. The Morgan fingerprint density at radius 3 is 2.79 bits per heavy atom. The van der Waals surface area contributed by atoms with Gasteiger partial charge in [-0.15, -0.1) is 0 Å². The first-order valence-corrected chi connectivity index (χ1v) is 8.31. The Balaban J connectivity index is 1.72. The summed E-state index contributed by atoms with van der Waals surface area (Å²) in [6, 6.07) is 9.56. The maximum atomic E-state index is 12.7. The summed E-state index contributed by atoms with van der Waals surface area (Å²) in [5.41, 5.74) is 2.69. The minimum absolute atomic E-state index is 0.0142. The zero-order valence-electron chi connectivity index (χ0n) is 13.6. The highest BCUT2D eigenvalue weighted by atomic mass is 79.9. The first-order chi connectivity index (χ1) is 11.5. The number of amides is 1. The first-order valence-electron chi connectivity index (χ1n) is 7.52. The Morgan fingerprint density at radius 2 is 2.12 bits per heavy atom. The molecule has 2 heterocycles. The lowest BCUT2D eigenvalue weighted by Crippen LogP contribution is -2.27. The van der Waals surface area contributed by atoms with Gasteiger partial charge >= 0.3 is 0 Å². The van der Waals surface area contributed by atoms with E-state index in [4.69, 9.17) is 0 Å². The Bertz CT molecular complexity index is 854. The third kappa shape index (κ3) is 3.73. The molecule has 6 nitrogen and oxygen atoms in total. The summed E-state index contributed by atoms with van der Waals surface area (Å²) in [5.74, 6) is -0.0142. The average Bonchev–Trinajstić information content (AvgIpc) is 3.15. The van der Waals surface area contributed by atoms with Crippen molar-refractivity contribution in [3.63, 3.8) is 0 Å². The van der Waals surface area contributed by atoms with E-state index < -0.39 is 0 Å². The SMILES string of the molecule is CN(Cc1ccnn1C)C(=O)c1cccc(Cn2cc(Br)cn2)c1. The fourth-order valence-electron chi connectivity index (χ4n) is 2.51. The van der Waals surface area contributed by atoms with Crippen molar-refractivity contribution >= 4 is 21.8 Å². The summed E-state index contributed by atoms with van der Waals surface area (Å²) < 4.78 is 4.54. The molecule has 0 atom stereocenters. The number of aromatic nitrogens is 4. The van der Waals surface area contributed by atoms with Crippen molar-refractivity contribution in [3.8, 4) is 0 Å².